The molecule has 1 aliphatic heterocycles. The summed E-state index contributed by atoms with van der Waals surface area (Å²) in [6.07, 6.45) is 0.270. The minimum Gasteiger partial charge on any atom is -0.382 e. The topological polar surface area (TPSA) is 120 Å². The highest BCUT2D eigenvalue weighted by molar-refractivity contribution is 6.12. The average molecular weight is 499 g/mol. The van der Waals surface area contributed by atoms with Gasteiger partial charge in [0.05, 0.1) is 19.3 Å². The first-order chi connectivity index (χ1) is 17.2. The molecule has 194 valence electrons. The van der Waals surface area contributed by atoms with Gasteiger partial charge in [0.2, 0.25) is 0 Å². The van der Waals surface area contributed by atoms with Crippen molar-refractivity contribution in [3.8, 4) is 11.1 Å². The van der Waals surface area contributed by atoms with E-state index in [2.05, 4.69) is 22.3 Å². The standard InChI is InChI=1S/C26H34N4O6/c1-26(24(32)27-2,25(33)28-34)29(3)23(31)21-11-9-20(10-12-21)19-7-5-18(6-8-19)15-30-16-22(17-30)36-14-13-35-4/h5-12,22,34H,13-17H2,1-4H3,(H,27,32)(H,28,33)/t26-/m0/s1. The zero-order chi connectivity index (χ0) is 26.3. The Morgan fingerprint density at radius 1 is 1.03 bits per heavy atom. The second-order valence-corrected chi connectivity index (χ2v) is 8.91. The van der Waals surface area contributed by atoms with Gasteiger partial charge in [-0.15, -0.1) is 0 Å². The molecule has 10 heteroatoms. The molecule has 10 nitrogen and oxygen atoms in total. The second kappa shape index (κ2) is 12.1. The summed E-state index contributed by atoms with van der Waals surface area (Å²) in [6, 6.07) is 15.2. The number of carbonyl (C=O) groups excluding carboxylic acids is 3. The molecule has 0 saturated carbocycles. The highest BCUT2D eigenvalue weighted by atomic mass is 16.5. The predicted octanol–water partition coefficient (Wildman–Crippen LogP) is 1.28. The fourth-order valence-corrected chi connectivity index (χ4v) is 4.08. The number of ether oxygens (including phenoxy) is 2. The number of nitrogens with zero attached hydrogens (tertiary/aromatic N) is 2. The van der Waals surface area contributed by atoms with Gasteiger partial charge >= 0.3 is 0 Å². The van der Waals surface area contributed by atoms with Crippen molar-refractivity contribution in [2.45, 2.75) is 25.1 Å². The number of rotatable bonds is 11. The van der Waals surface area contributed by atoms with Gasteiger partial charge in [0.25, 0.3) is 17.7 Å². The fraction of sp³-hybridized carbons (Fsp3) is 0.423. The number of hydroxylamine groups is 1. The molecule has 0 spiro atoms. The van der Waals surface area contributed by atoms with Crippen LogP contribution < -0.4 is 10.8 Å². The lowest BCUT2D eigenvalue weighted by Crippen LogP contribution is -2.64. The maximum Gasteiger partial charge on any atom is 0.278 e. The molecule has 0 radical (unpaired) electrons. The number of hydrogen-bond donors (Lipinski definition) is 3. The first kappa shape index (κ1) is 27.3. The molecule has 36 heavy (non-hydrogen) atoms. The Balaban J connectivity index is 1.61. The zero-order valence-corrected chi connectivity index (χ0v) is 21.1. The molecule has 3 amide bonds. The van der Waals surface area contributed by atoms with Crippen molar-refractivity contribution in [1.29, 1.82) is 0 Å². The second-order valence-electron chi connectivity index (χ2n) is 8.91. The number of nitrogens with one attached hydrogen (secondary N) is 2. The monoisotopic (exact) mass is 498 g/mol. The molecule has 1 aliphatic rings. The lowest BCUT2D eigenvalue weighted by atomic mass is 9.96. The Bertz CT molecular complexity index is 1040. The Morgan fingerprint density at radius 2 is 1.61 bits per heavy atom. The van der Waals surface area contributed by atoms with E-state index in [0.29, 0.717) is 18.8 Å². The van der Waals surface area contributed by atoms with Crippen LogP contribution >= 0.6 is 0 Å². The van der Waals surface area contributed by atoms with E-state index in [0.717, 1.165) is 35.7 Å². The van der Waals surface area contributed by atoms with E-state index in [1.54, 1.807) is 19.2 Å². The van der Waals surface area contributed by atoms with Crippen molar-refractivity contribution >= 4 is 17.7 Å². The lowest BCUT2D eigenvalue weighted by Gasteiger charge is -2.38. The van der Waals surface area contributed by atoms with E-state index in [1.165, 1.54) is 32.1 Å². The van der Waals surface area contributed by atoms with Gasteiger partial charge in [-0.25, -0.2) is 5.48 Å². The van der Waals surface area contributed by atoms with Crippen LogP contribution in [-0.2, 0) is 25.6 Å². The zero-order valence-electron chi connectivity index (χ0n) is 21.1. The minimum atomic E-state index is -1.93. The van der Waals surface area contributed by atoms with E-state index in [1.807, 2.05) is 24.3 Å². The highest BCUT2D eigenvalue weighted by Gasteiger charge is 2.47. The molecule has 3 N–H and O–H groups in total. The smallest absolute Gasteiger partial charge is 0.278 e. The molecule has 1 fully saturated rings. The molecular formula is C26H34N4O6. The van der Waals surface area contributed by atoms with Crippen LogP contribution in [0.15, 0.2) is 48.5 Å². The number of hydrogen-bond acceptors (Lipinski definition) is 7. The van der Waals surface area contributed by atoms with Gasteiger partial charge < -0.3 is 19.7 Å². The van der Waals surface area contributed by atoms with Crippen molar-refractivity contribution in [2.24, 2.45) is 0 Å². The minimum absolute atomic E-state index is 0.270. The van der Waals surface area contributed by atoms with Gasteiger partial charge in [0.1, 0.15) is 0 Å². The van der Waals surface area contributed by atoms with Gasteiger partial charge in [0, 0.05) is 46.4 Å². The molecule has 2 aromatic carbocycles. The van der Waals surface area contributed by atoms with E-state index in [-0.39, 0.29) is 6.10 Å². The predicted molar refractivity (Wildman–Crippen MR) is 133 cm³/mol. The quantitative estimate of drug-likeness (QED) is 0.185. The van der Waals surface area contributed by atoms with Gasteiger partial charge in [-0.3, -0.25) is 24.5 Å². The van der Waals surface area contributed by atoms with Crippen molar-refractivity contribution in [3.05, 3.63) is 59.7 Å². The van der Waals surface area contributed by atoms with Crippen LogP contribution in [-0.4, -0.2) is 91.9 Å². The summed E-state index contributed by atoms with van der Waals surface area (Å²) in [6.45, 7) is 5.17. The number of methoxy groups -OCH3 is 1. The van der Waals surface area contributed by atoms with Gasteiger partial charge in [-0.05, 0) is 35.7 Å². The molecule has 0 bridgehead atoms. The Kier molecular flexibility index (Phi) is 9.16. The van der Waals surface area contributed by atoms with Crippen molar-refractivity contribution in [3.63, 3.8) is 0 Å². The summed E-state index contributed by atoms with van der Waals surface area (Å²) in [7, 11) is 4.35. The van der Waals surface area contributed by atoms with Gasteiger partial charge in [-0.1, -0.05) is 36.4 Å². The van der Waals surface area contributed by atoms with Crippen LogP contribution in [0.4, 0.5) is 0 Å². The summed E-state index contributed by atoms with van der Waals surface area (Å²) in [5.74, 6) is -2.28. The van der Waals surface area contributed by atoms with E-state index < -0.39 is 23.3 Å². The van der Waals surface area contributed by atoms with Gasteiger partial charge in [0.15, 0.2) is 5.54 Å². The number of likely N-dealkylation sites (tertiary alicyclic amines) is 1. The molecule has 3 rings (SSSR count). The number of carbonyl (C=O) groups is 3. The molecule has 0 aliphatic carbocycles. The van der Waals surface area contributed by atoms with E-state index in [4.69, 9.17) is 14.7 Å². The summed E-state index contributed by atoms with van der Waals surface area (Å²) in [5.41, 5.74) is 2.98. The first-order valence-corrected chi connectivity index (χ1v) is 11.7. The summed E-state index contributed by atoms with van der Waals surface area (Å²) in [5, 5.41) is 11.4. The van der Waals surface area contributed by atoms with Crippen LogP contribution in [0.1, 0.15) is 22.8 Å². The average Bonchev–Trinajstić information content (AvgIpc) is 2.89. The van der Waals surface area contributed by atoms with Crippen molar-refractivity contribution in [1.82, 2.24) is 20.6 Å². The lowest BCUT2D eigenvalue weighted by molar-refractivity contribution is -0.148. The van der Waals surface area contributed by atoms with Crippen molar-refractivity contribution in [2.75, 3.05) is 47.5 Å². The summed E-state index contributed by atoms with van der Waals surface area (Å²) < 4.78 is 10.7. The molecule has 1 saturated heterocycles. The molecular weight excluding hydrogens is 464 g/mol. The number of benzene rings is 2. The van der Waals surface area contributed by atoms with Crippen LogP contribution in [0.5, 0.6) is 0 Å². The molecule has 2 aromatic rings. The molecule has 1 heterocycles. The largest absolute Gasteiger partial charge is 0.382 e. The third-order valence-corrected chi connectivity index (χ3v) is 6.58. The third-order valence-electron chi connectivity index (χ3n) is 6.58. The SMILES string of the molecule is CNC(=O)[C@@](C)(C(=O)NO)N(C)C(=O)c1ccc(-c2ccc(CN3CC(OCCOC)C3)cc2)cc1. The first-order valence-electron chi connectivity index (χ1n) is 11.7. The van der Waals surface area contributed by atoms with E-state index in [9.17, 15) is 14.4 Å². The summed E-state index contributed by atoms with van der Waals surface area (Å²) in [4.78, 5) is 40.9. The third kappa shape index (κ3) is 5.90. The summed E-state index contributed by atoms with van der Waals surface area (Å²) >= 11 is 0. The fourth-order valence-electron chi connectivity index (χ4n) is 4.08. The van der Waals surface area contributed by atoms with Crippen LogP contribution in [0.25, 0.3) is 11.1 Å². The molecule has 0 unspecified atom stereocenters. The Morgan fingerprint density at radius 3 is 2.14 bits per heavy atom. The van der Waals surface area contributed by atoms with Crippen LogP contribution in [0.3, 0.4) is 0 Å². The van der Waals surface area contributed by atoms with E-state index >= 15 is 0 Å². The van der Waals surface area contributed by atoms with Crippen LogP contribution in [0, 0.1) is 0 Å². The van der Waals surface area contributed by atoms with Crippen LogP contribution in [0.2, 0.25) is 0 Å². The maximum absolute atomic E-state index is 13.0. The number of likely N-dealkylation sites (N-methyl/N-ethyl adjacent to an activating group) is 2. The van der Waals surface area contributed by atoms with Gasteiger partial charge in [-0.2, -0.15) is 0 Å². The number of amides is 3. The molecule has 1 atom stereocenters. The Labute approximate surface area is 211 Å². The normalized spacial score (nSPS) is 15.5. The Hall–Kier alpha value is -3.31. The van der Waals surface area contributed by atoms with Crippen molar-refractivity contribution < 1.29 is 29.1 Å². The highest BCUT2D eigenvalue weighted by Crippen LogP contribution is 2.24. The maximum atomic E-state index is 13.0. The molecule has 0 aromatic heterocycles.